The molecule has 0 spiro atoms. The van der Waals surface area contributed by atoms with Crippen LogP contribution in [0.15, 0.2) is 12.2 Å². The number of allylic oxidation sites excluding steroid dienone is 2. The average Bonchev–Trinajstić information content (AvgIpc) is 3.09. The van der Waals surface area contributed by atoms with E-state index in [1.807, 2.05) is 0 Å². The number of ether oxygens (including phenoxy) is 2. The third kappa shape index (κ3) is 38.3. The van der Waals surface area contributed by atoms with E-state index in [-0.39, 0.29) is 32.3 Å². The first-order valence-electron chi connectivity index (χ1n) is 20.7. The van der Waals surface area contributed by atoms with Crippen molar-refractivity contribution in [3.05, 3.63) is 12.2 Å². The van der Waals surface area contributed by atoms with E-state index < -0.39 is 13.9 Å². The van der Waals surface area contributed by atoms with Gasteiger partial charge in [-0.15, -0.1) is 0 Å². The van der Waals surface area contributed by atoms with Gasteiger partial charge >= 0.3 is 13.8 Å². The summed E-state index contributed by atoms with van der Waals surface area (Å²) >= 11 is 0. The Morgan fingerprint density at radius 2 is 1.02 bits per heavy atom. The van der Waals surface area contributed by atoms with Gasteiger partial charge in [-0.2, -0.15) is 0 Å². The minimum Gasteiger partial charge on any atom is -0.457 e. The maximum atomic E-state index is 12.6. The summed E-state index contributed by atoms with van der Waals surface area (Å²) in [7, 11) is -4.27. The molecule has 0 aliphatic rings. The Morgan fingerprint density at radius 1 is 0.592 bits per heavy atom. The molecule has 0 amide bonds. The molecule has 0 radical (unpaired) electrons. The van der Waals surface area contributed by atoms with E-state index in [0.717, 1.165) is 32.1 Å². The molecule has 3 N–H and O–H groups in total. The van der Waals surface area contributed by atoms with Gasteiger partial charge in [0.15, 0.2) is 0 Å². The van der Waals surface area contributed by atoms with Gasteiger partial charge in [-0.3, -0.25) is 13.8 Å². The van der Waals surface area contributed by atoms with Gasteiger partial charge in [-0.05, 0) is 38.5 Å². The predicted octanol–water partition coefficient (Wildman–Crippen LogP) is 11.9. The van der Waals surface area contributed by atoms with Crippen molar-refractivity contribution in [2.45, 2.75) is 206 Å². The lowest BCUT2D eigenvalue weighted by Crippen LogP contribution is -2.28. The van der Waals surface area contributed by atoms with E-state index in [2.05, 4.69) is 26.0 Å². The molecule has 8 nitrogen and oxygen atoms in total. The number of carbonyl (C=O) groups is 1. The molecule has 0 aromatic carbocycles. The largest absolute Gasteiger partial charge is 0.472 e. The van der Waals surface area contributed by atoms with E-state index in [4.69, 9.17) is 24.3 Å². The van der Waals surface area contributed by atoms with E-state index >= 15 is 0 Å². The molecule has 0 aliphatic carbocycles. The Morgan fingerprint density at radius 3 is 1.49 bits per heavy atom. The minimum atomic E-state index is -4.27. The number of esters is 1. The van der Waals surface area contributed by atoms with Gasteiger partial charge < -0.3 is 20.1 Å². The van der Waals surface area contributed by atoms with Crippen LogP contribution in [0.5, 0.6) is 0 Å². The van der Waals surface area contributed by atoms with Crippen molar-refractivity contribution >= 4 is 13.8 Å². The van der Waals surface area contributed by atoms with E-state index in [1.54, 1.807) is 0 Å². The van der Waals surface area contributed by atoms with Gasteiger partial charge in [0, 0.05) is 19.6 Å². The first-order valence-corrected chi connectivity index (χ1v) is 22.2. The molecule has 2 atom stereocenters. The number of phosphoric acid groups is 1. The van der Waals surface area contributed by atoms with Gasteiger partial charge in [-0.1, -0.05) is 167 Å². The topological polar surface area (TPSA) is 117 Å². The van der Waals surface area contributed by atoms with Crippen LogP contribution in [0.1, 0.15) is 200 Å². The second-order valence-electron chi connectivity index (χ2n) is 13.9. The second kappa shape index (κ2) is 38.5. The highest BCUT2D eigenvalue weighted by Crippen LogP contribution is 2.43. The second-order valence-corrected chi connectivity index (χ2v) is 15.3. The number of hydrogen-bond donors (Lipinski definition) is 2. The molecular weight excluding hydrogens is 637 g/mol. The molecular formula is C40H80NO7P. The molecule has 0 heterocycles. The van der Waals surface area contributed by atoms with E-state index in [0.29, 0.717) is 13.0 Å². The van der Waals surface area contributed by atoms with Crippen molar-refractivity contribution in [3.8, 4) is 0 Å². The molecule has 0 fully saturated rings. The Hall–Kier alpha value is -0.760. The minimum absolute atomic E-state index is 0.0932. The van der Waals surface area contributed by atoms with Crippen LogP contribution in [0.25, 0.3) is 0 Å². The molecule has 0 aromatic heterocycles. The normalized spacial score (nSPS) is 13.6. The lowest BCUT2D eigenvalue weighted by atomic mass is 10.1. The van der Waals surface area contributed by atoms with Crippen molar-refractivity contribution in [3.63, 3.8) is 0 Å². The molecule has 0 aliphatic heterocycles. The summed E-state index contributed by atoms with van der Waals surface area (Å²) in [5, 5.41) is 0. The first kappa shape index (κ1) is 48.2. The molecule has 9 heteroatoms. The Kier molecular flexibility index (Phi) is 37.9. The number of nitrogens with two attached hydrogens (primary N) is 1. The maximum Gasteiger partial charge on any atom is 0.472 e. The fourth-order valence-corrected chi connectivity index (χ4v) is 6.64. The zero-order valence-corrected chi connectivity index (χ0v) is 33.1. The van der Waals surface area contributed by atoms with Crippen LogP contribution in [0.3, 0.4) is 0 Å². The number of rotatable bonds is 40. The molecule has 0 aromatic rings. The molecule has 292 valence electrons. The Balaban J connectivity index is 4.02. The zero-order valence-electron chi connectivity index (χ0n) is 32.2. The quantitative estimate of drug-likeness (QED) is 0.0278. The van der Waals surface area contributed by atoms with Crippen LogP contribution in [-0.4, -0.2) is 49.9 Å². The van der Waals surface area contributed by atoms with Gasteiger partial charge in [0.1, 0.15) is 6.10 Å². The average molecular weight is 718 g/mol. The third-order valence-electron chi connectivity index (χ3n) is 8.93. The smallest absolute Gasteiger partial charge is 0.457 e. The fourth-order valence-electron chi connectivity index (χ4n) is 5.87. The highest BCUT2D eigenvalue weighted by atomic mass is 31.2. The van der Waals surface area contributed by atoms with Crippen LogP contribution < -0.4 is 5.73 Å². The van der Waals surface area contributed by atoms with Crippen molar-refractivity contribution in [2.24, 2.45) is 5.73 Å². The molecule has 2 unspecified atom stereocenters. The zero-order chi connectivity index (χ0) is 35.9. The fraction of sp³-hybridized carbons (Fsp3) is 0.925. The van der Waals surface area contributed by atoms with Crippen LogP contribution in [0.2, 0.25) is 0 Å². The number of unbranched alkanes of at least 4 members (excludes halogenated alkanes) is 25. The summed E-state index contributed by atoms with van der Waals surface area (Å²) < 4.78 is 33.3. The van der Waals surface area contributed by atoms with Crippen LogP contribution in [0.4, 0.5) is 0 Å². The van der Waals surface area contributed by atoms with Crippen LogP contribution in [-0.2, 0) is 27.9 Å². The molecule has 0 saturated heterocycles. The highest BCUT2D eigenvalue weighted by molar-refractivity contribution is 7.47. The first-order chi connectivity index (χ1) is 23.9. The number of phosphoric ester groups is 1. The predicted molar refractivity (Wildman–Crippen MR) is 206 cm³/mol. The Bertz CT molecular complexity index is 767. The Labute approximate surface area is 303 Å². The summed E-state index contributed by atoms with van der Waals surface area (Å²) in [5.74, 6) is -0.332. The van der Waals surface area contributed by atoms with Gasteiger partial charge in [-0.25, -0.2) is 4.57 Å². The number of hydrogen-bond acceptors (Lipinski definition) is 7. The standard InChI is InChI=1S/C40H80NO7P/c1-3-5-7-9-11-13-15-17-18-19-20-21-22-23-25-27-29-31-33-40(42)48-39(38-47-49(43,44)46-36-34-41)37-45-35-32-30-28-26-24-16-14-12-10-8-6-4-2/h18-19,39H,3-17,20-38,41H2,1-2H3,(H,43,44)/b19-18-. The summed E-state index contributed by atoms with van der Waals surface area (Å²) in [4.78, 5) is 22.4. The van der Waals surface area contributed by atoms with E-state index in [9.17, 15) is 14.3 Å². The third-order valence-corrected chi connectivity index (χ3v) is 9.92. The van der Waals surface area contributed by atoms with Gasteiger partial charge in [0.2, 0.25) is 0 Å². The SMILES string of the molecule is CCCCCCCCC/C=C\CCCCCCCCCC(=O)OC(COCCCCCCCCCCCCCC)COP(=O)(O)OCCN. The van der Waals surface area contributed by atoms with Gasteiger partial charge in [0.25, 0.3) is 0 Å². The molecule has 0 saturated carbocycles. The number of carbonyl (C=O) groups excluding carboxylic acids is 1. The molecule has 0 rings (SSSR count). The lowest BCUT2D eigenvalue weighted by molar-refractivity contribution is -0.154. The van der Waals surface area contributed by atoms with E-state index in [1.165, 1.54) is 148 Å². The summed E-state index contributed by atoms with van der Waals surface area (Å²) in [6, 6.07) is 0. The van der Waals surface area contributed by atoms with Crippen molar-refractivity contribution in [2.75, 3.05) is 33.0 Å². The molecule has 0 bridgehead atoms. The van der Waals surface area contributed by atoms with Crippen LogP contribution >= 0.6 is 7.82 Å². The van der Waals surface area contributed by atoms with Gasteiger partial charge in [0.05, 0.1) is 19.8 Å². The van der Waals surface area contributed by atoms with Crippen LogP contribution in [0, 0.1) is 0 Å². The van der Waals surface area contributed by atoms with Crippen molar-refractivity contribution in [1.82, 2.24) is 0 Å². The monoisotopic (exact) mass is 718 g/mol. The van der Waals surface area contributed by atoms with Crippen molar-refractivity contribution in [1.29, 1.82) is 0 Å². The maximum absolute atomic E-state index is 12.6. The lowest BCUT2D eigenvalue weighted by Gasteiger charge is -2.20. The van der Waals surface area contributed by atoms with Crippen molar-refractivity contribution < 1.29 is 32.8 Å². The molecule has 49 heavy (non-hydrogen) atoms. The summed E-state index contributed by atoms with van der Waals surface area (Å²) in [6.45, 7) is 4.94. The summed E-state index contributed by atoms with van der Waals surface area (Å²) in [5.41, 5.74) is 5.36. The summed E-state index contributed by atoms with van der Waals surface area (Å²) in [6.07, 6.45) is 39.3. The highest BCUT2D eigenvalue weighted by Gasteiger charge is 2.25.